The first-order chi connectivity index (χ1) is 10.3. The van der Waals surface area contributed by atoms with Crippen LogP contribution in [0.5, 0.6) is 5.75 Å². The Labute approximate surface area is 134 Å². The fraction of sp³-hybridized carbons (Fsp3) is 0.385. The first kappa shape index (κ1) is 18.6. The van der Waals surface area contributed by atoms with E-state index in [9.17, 15) is 22.8 Å². The number of carbonyl (C=O) groups is 2. The van der Waals surface area contributed by atoms with Gasteiger partial charge in [-0.1, -0.05) is 0 Å². The molecule has 0 amide bonds. The summed E-state index contributed by atoms with van der Waals surface area (Å²) in [6, 6.07) is 1.42. The fourth-order valence-electron chi connectivity index (χ4n) is 1.37. The first-order valence-electron chi connectivity index (χ1n) is 6.09. The number of hydrogen-bond acceptors (Lipinski definition) is 4. The molecule has 0 saturated heterocycles. The van der Waals surface area contributed by atoms with Crippen molar-refractivity contribution >= 4 is 35.1 Å². The Morgan fingerprint density at radius 3 is 2.32 bits per heavy atom. The maximum absolute atomic E-state index is 13.3. The van der Waals surface area contributed by atoms with E-state index in [1.807, 2.05) is 0 Å². The van der Waals surface area contributed by atoms with Crippen molar-refractivity contribution in [2.24, 2.45) is 0 Å². The maximum atomic E-state index is 13.3. The van der Waals surface area contributed by atoms with E-state index < -0.39 is 40.0 Å². The Kier molecular flexibility index (Phi) is 7.47. The summed E-state index contributed by atoms with van der Waals surface area (Å²) in [5.74, 6) is -6.95. The number of ether oxygens (including phenoxy) is 2. The van der Waals surface area contributed by atoms with Gasteiger partial charge in [-0.25, -0.2) is 8.78 Å². The van der Waals surface area contributed by atoms with Crippen molar-refractivity contribution in [2.45, 2.75) is 24.1 Å². The van der Waals surface area contributed by atoms with Gasteiger partial charge in [0.2, 0.25) is 5.82 Å². The van der Waals surface area contributed by atoms with Gasteiger partial charge in [-0.15, -0.1) is 23.2 Å². The van der Waals surface area contributed by atoms with Crippen LogP contribution in [0.3, 0.4) is 0 Å². The van der Waals surface area contributed by atoms with Crippen LogP contribution < -0.4 is 4.74 Å². The third kappa shape index (κ3) is 6.11. The summed E-state index contributed by atoms with van der Waals surface area (Å²) in [6.45, 7) is -0.174. The lowest BCUT2D eigenvalue weighted by Crippen LogP contribution is -2.13. The molecule has 1 aromatic carbocycles. The highest BCUT2D eigenvalue weighted by Crippen LogP contribution is 2.22. The third-order valence-electron chi connectivity index (χ3n) is 2.36. The third-order valence-corrected chi connectivity index (χ3v) is 2.61. The first-order valence-corrected chi connectivity index (χ1v) is 6.96. The van der Waals surface area contributed by atoms with Crippen molar-refractivity contribution in [3.63, 3.8) is 0 Å². The van der Waals surface area contributed by atoms with Crippen molar-refractivity contribution in [2.75, 3.05) is 6.61 Å². The lowest BCUT2D eigenvalue weighted by atomic mass is 10.2. The predicted octanol–water partition coefficient (Wildman–Crippen LogP) is 3.53. The molecule has 1 aromatic rings. The number of esters is 2. The van der Waals surface area contributed by atoms with E-state index in [1.165, 1.54) is 0 Å². The second kappa shape index (κ2) is 8.85. The molecule has 4 nitrogen and oxygen atoms in total. The zero-order chi connectivity index (χ0) is 16.7. The molecule has 0 unspecified atom stereocenters. The van der Waals surface area contributed by atoms with Crippen molar-refractivity contribution in [3.8, 4) is 5.75 Å². The molecule has 0 atom stereocenters. The van der Waals surface area contributed by atoms with Gasteiger partial charge in [-0.3, -0.25) is 9.59 Å². The van der Waals surface area contributed by atoms with Gasteiger partial charge >= 0.3 is 11.9 Å². The molecule has 0 aliphatic carbocycles. The molecule has 1 rings (SSSR count). The quantitative estimate of drug-likeness (QED) is 0.324. The molecule has 0 bridgehead atoms. The summed E-state index contributed by atoms with van der Waals surface area (Å²) >= 11 is 10.7. The Bertz CT molecular complexity index is 552. The van der Waals surface area contributed by atoms with Gasteiger partial charge in [-0.2, -0.15) is 4.39 Å². The minimum Gasteiger partial charge on any atom is -0.463 e. The average molecular weight is 359 g/mol. The average Bonchev–Trinajstić information content (AvgIpc) is 2.46. The molecule has 9 heteroatoms. The number of benzene rings is 1. The van der Waals surface area contributed by atoms with Crippen LogP contribution in [0.4, 0.5) is 13.2 Å². The topological polar surface area (TPSA) is 52.6 Å². The van der Waals surface area contributed by atoms with Crippen LogP contribution in [-0.2, 0) is 14.3 Å². The summed E-state index contributed by atoms with van der Waals surface area (Å²) in [4.78, 5) is 21.7. The lowest BCUT2D eigenvalue weighted by molar-refractivity contribution is -0.143. The Balaban J connectivity index is 2.38. The normalized spacial score (nSPS) is 10.6. The smallest absolute Gasteiger partial charge is 0.311 e. The van der Waals surface area contributed by atoms with Gasteiger partial charge in [0, 0.05) is 12.8 Å². The van der Waals surface area contributed by atoms with Gasteiger partial charge in [0.05, 0.1) is 0 Å². The highest BCUT2D eigenvalue weighted by Gasteiger charge is 2.17. The van der Waals surface area contributed by atoms with E-state index in [-0.39, 0.29) is 25.9 Å². The number of halogens is 5. The fourth-order valence-corrected chi connectivity index (χ4v) is 1.49. The molecule has 0 aliphatic heterocycles. The molecule has 0 radical (unpaired) electrons. The van der Waals surface area contributed by atoms with Crippen LogP contribution in [0, 0.1) is 17.5 Å². The van der Waals surface area contributed by atoms with Crippen LogP contribution in [0.2, 0.25) is 0 Å². The summed E-state index contributed by atoms with van der Waals surface area (Å²) < 4.78 is 48.1. The van der Waals surface area contributed by atoms with Crippen LogP contribution in [0.15, 0.2) is 12.1 Å². The maximum Gasteiger partial charge on any atom is 0.311 e. The number of hydrogen-bond donors (Lipinski definition) is 0. The molecular weight excluding hydrogens is 348 g/mol. The summed E-state index contributed by atoms with van der Waals surface area (Å²) in [5, 5.41) is 0. The van der Waals surface area contributed by atoms with E-state index in [4.69, 9.17) is 23.2 Å². The van der Waals surface area contributed by atoms with Crippen molar-refractivity contribution in [1.82, 2.24) is 0 Å². The van der Waals surface area contributed by atoms with Gasteiger partial charge in [0.1, 0.15) is 11.4 Å². The van der Waals surface area contributed by atoms with E-state index in [0.29, 0.717) is 6.07 Å². The summed E-state index contributed by atoms with van der Waals surface area (Å²) in [7, 11) is 0. The van der Waals surface area contributed by atoms with Gasteiger partial charge in [-0.05, 0) is 18.6 Å². The molecule has 0 spiro atoms. The lowest BCUT2D eigenvalue weighted by Gasteiger charge is -2.07. The van der Waals surface area contributed by atoms with Crippen LogP contribution in [-0.4, -0.2) is 23.4 Å². The highest BCUT2D eigenvalue weighted by atomic mass is 35.5. The molecule has 0 fully saturated rings. The van der Waals surface area contributed by atoms with E-state index in [2.05, 4.69) is 9.47 Å². The summed E-state index contributed by atoms with van der Waals surface area (Å²) in [6.07, 6.45) is -0.271. The Morgan fingerprint density at radius 1 is 1.05 bits per heavy atom. The number of rotatable bonds is 7. The molecular formula is C13H11Cl2F3O4. The van der Waals surface area contributed by atoms with Crippen LogP contribution >= 0.6 is 23.2 Å². The molecule has 22 heavy (non-hydrogen) atoms. The van der Waals surface area contributed by atoms with Crippen LogP contribution in [0.25, 0.3) is 0 Å². The van der Waals surface area contributed by atoms with E-state index in [1.54, 1.807) is 0 Å². The molecule has 0 saturated carbocycles. The van der Waals surface area contributed by atoms with Gasteiger partial charge in [0.15, 0.2) is 17.4 Å². The van der Waals surface area contributed by atoms with Crippen molar-refractivity contribution in [3.05, 3.63) is 29.6 Å². The van der Waals surface area contributed by atoms with Crippen molar-refractivity contribution in [1.29, 1.82) is 0 Å². The van der Waals surface area contributed by atoms with Crippen molar-refractivity contribution < 1.29 is 32.2 Å². The Hall–Kier alpha value is -1.47. The number of carbonyl (C=O) groups excluding carboxylic acids is 2. The molecule has 0 aromatic heterocycles. The molecule has 0 aliphatic rings. The second-order valence-electron chi connectivity index (χ2n) is 4.08. The Morgan fingerprint density at radius 2 is 1.68 bits per heavy atom. The molecule has 0 N–H and O–H groups in total. The molecule has 122 valence electrons. The summed E-state index contributed by atoms with van der Waals surface area (Å²) in [5.41, 5.74) is 0. The SMILES string of the molecule is O=C(CCCC(=O)Oc1ccc(F)c(F)c1F)OCC(Cl)Cl. The zero-order valence-electron chi connectivity index (χ0n) is 11.1. The van der Waals surface area contributed by atoms with E-state index in [0.717, 1.165) is 6.07 Å². The second-order valence-corrected chi connectivity index (χ2v) is 5.35. The van der Waals surface area contributed by atoms with Gasteiger partial charge in [0.25, 0.3) is 0 Å². The van der Waals surface area contributed by atoms with Crippen LogP contribution in [0.1, 0.15) is 19.3 Å². The minimum absolute atomic E-state index is 0.0677. The monoisotopic (exact) mass is 358 g/mol. The van der Waals surface area contributed by atoms with Gasteiger partial charge < -0.3 is 9.47 Å². The van der Waals surface area contributed by atoms with E-state index >= 15 is 0 Å². The molecule has 0 heterocycles. The highest BCUT2D eigenvalue weighted by molar-refractivity contribution is 6.44. The minimum atomic E-state index is -1.73. The largest absolute Gasteiger partial charge is 0.463 e. The standard InChI is InChI=1S/C13H11Cl2F3O4/c14-9(15)6-21-10(19)2-1-3-11(20)22-8-5-4-7(16)12(17)13(8)18/h4-5,9H,1-3,6H2. The zero-order valence-corrected chi connectivity index (χ0v) is 12.6. The number of alkyl halides is 2. The predicted molar refractivity (Wildman–Crippen MR) is 72.3 cm³/mol.